The molecule has 0 aromatic heterocycles. The zero-order chi connectivity index (χ0) is 18.9. The number of esters is 1. The molecule has 2 heterocycles. The summed E-state index contributed by atoms with van der Waals surface area (Å²) in [6.07, 6.45) is 10.5. The van der Waals surface area contributed by atoms with Crippen LogP contribution in [0.2, 0.25) is 0 Å². The van der Waals surface area contributed by atoms with Crippen molar-refractivity contribution in [3.8, 4) is 5.75 Å². The number of rotatable bonds is 4. The van der Waals surface area contributed by atoms with Gasteiger partial charge in [0, 0.05) is 24.6 Å². The fourth-order valence-corrected chi connectivity index (χ4v) is 4.39. The molecule has 1 aliphatic carbocycles. The van der Waals surface area contributed by atoms with E-state index >= 15 is 0 Å². The first-order valence-corrected chi connectivity index (χ1v) is 10.1. The molecule has 3 aliphatic rings. The molecule has 5 heteroatoms. The van der Waals surface area contributed by atoms with Crippen molar-refractivity contribution < 1.29 is 14.3 Å². The minimum absolute atomic E-state index is 0. The normalized spacial score (nSPS) is 27.5. The summed E-state index contributed by atoms with van der Waals surface area (Å²) in [5.74, 6) is 0.713. The summed E-state index contributed by atoms with van der Waals surface area (Å²) in [6, 6.07) is 6.35. The molecular weight excluding hydrogens is 374 g/mol. The van der Waals surface area contributed by atoms with E-state index in [9.17, 15) is 4.79 Å². The third-order valence-electron chi connectivity index (χ3n) is 6.12. The highest BCUT2D eigenvalue weighted by molar-refractivity contribution is 5.85. The number of hydrogen-bond acceptors (Lipinski definition) is 4. The van der Waals surface area contributed by atoms with Crippen molar-refractivity contribution in [2.45, 2.75) is 51.0 Å². The maximum Gasteiger partial charge on any atom is 0.331 e. The summed E-state index contributed by atoms with van der Waals surface area (Å²) in [6.45, 7) is 7.87. The maximum atomic E-state index is 12.2. The van der Waals surface area contributed by atoms with Crippen molar-refractivity contribution >= 4 is 18.4 Å². The molecule has 1 fully saturated rings. The Bertz CT molecular complexity index is 782. The van der Waals surface area contributed by atoms with Crippen LogP contribution in [0.3, 0.4) is 0 Å². The van der Waals surface area contributed by atoms with Crippen LogP contribution in [0.4, 0.5) is 0 Å². The predicted octanol–water partition coefficient (Wildman–Crippen LogP) is 4.35. The number of fused-ring (bicyclic) bond motifs is 3. The van der Waals surface area contributed by atoms with Crippen molar-refractivity contribution in [2.75, 3.05) is 26.2 Å². The Balaban J connectivity index is 0.00000225. The molecule has 2 atom stereocenters. The highest BCUT2D eigenvalue weighted by Gasteiger charge is 2.45. The number of nitrogens with zero attached hydrogens (tertiary/aromatic N) is 1. The number of piperidine rings is 1. The maximum absolute atomic E-state index is 12.2. The predicted molar refractivity (Wildman–Crippen MR) is 113 cm³/mol. The molecule has 0 radical (unpaired) electrons. The Kier molecular flexibility index (Phi) is 6.51. The van der Waals surface area contributed by atoms with Gasteiger partial charge in [-0.3, -0.25) is 4.90 Å². The minimum atomic E-state index is -0.249. The summed E-state index contributed by atoms with van der Waals surface area (Å²) in [5, 5.41) is 0. The average Bonchev–Trinajstić information content (AvgIpc) is 2.94. The topological polar surface area (TPSA) is 38.8 Å². The van der Waals surface area contributed by atoms with Gasteiger partial charge >= 0.3 is 5.97 Å². The highest BCUT2D eigenvalue weighted by atomic mass is 35.5. The number of hydrogen-bond donors (Lipinski definition) is 0. The third-order valence-corrected chi connectivity index (χ3v) is 6.12. The van der Waals surface area contributed by atoms with Crippen LogP contribution in [-0.2, 0) is 14.9 Å². The van der Waals surface area contributed by atoms with Crippen LogP contribution < -0.4 is 4.74 Å². The highest BCUT2D eigenvalue weighted by Crippen LogP contribution is 2.48. The molecule has 1 aromatic rings. The van der Waals surface area contributed by atoms with Gasteiger partial charge in [0.2, 0.25) is 0 Å². The second-order valence-corrected chi connectivity index (χ2v) is 8.22. The van der Waals surface area contributed by atoms with E-state index in [4.69, 9.17) is 9.47 Å². The second-order valence-electron chi connectivity index (χ2n) is 8.22. The zero-order valence-corrected chi connectivity index (χ0v) is 17.6. The summed E-state index contributed by atoms with van der Waals surface area (Å²) in [4.78, 5) is 14.6. The summed E-state index contributed by atoms with van der Waals surface area (Å²) in [7, 11) is 0. The number of halogens is 1. The fourth-order valence-electron chi connectivity index (χ4n) is 4.39. The molecule has 2 unspecified atom stereocenters. The number of ether oxygens (including phenoxy) is 2. The Morgan fingerprint density at radius 1 is 1.32 bits per heavy atom. The fraction of sp³-hybridized carbons (Fsp3) is 0.522. The summed E-state index contributed by atoms with van der Waals surface area (Å²) >= 11 is 0. The molecule has 152 valence electrons. The molecule has 0 bridgehead atoms. The molecule has 4 nitrogen and oxygen atoms in total. The van der Waals surface area contributed by atoms with Gasteiger partial charge in [0.1, 0.15) is 18.5 Å². The number of aryl methyl sites for hydroxylation is 1. The van der Waals surface area contributed by atoms with Crippen LogP contribution in [0.15, 0.2) is 42.0 Å². The molecule has 0 spiro atoms. The van der Waals surface area contributed by atoms with Crippen molar-refractivity contribution in [1.29, 1.82) is 0 Å². The standard InChI is InChI=1S/C23H29NO3.ClH/c1-17-6-7-20-19(14-17)23(2)9-8-18(15-21(23)27-20)16-22(25)26-13-12-24-10-4-3-5-11-24;/h6-9,14,16,21H,3-5,10-13,15H2,1-2H3;1H/b18-16+;. The molecule has 0 amide bonds. The van der Waals surface area contributed by atoms with Crippen LogP contribution in [0.25, 0.3) is 0 Å². The van der Waals surface area contributed by atoms with Crippen molar-refractivity contribution in [1.82, 2.24) is 4.90 Å². The Labute approximate surface area is 174 Å². The first-order chi connectivity index (χ1) is 13.0. The molecule has 0 saturated carbocycles. The number of carbonyl (C=O) groups is 1. The van der Waals surface area contributed by atoms with Gasteiger partial charge < -0.3 is 9.47 Å². The molecule has 4 rings (SSSR count). The zero-order valence-electron chi connectivity index (χ0n) is 16.8. The van der Waals surface area contributed by atoms with Gasteiger partial charge in [-0.25, -0.2) is 4.79 Å². The molecule has 1 aromatic carbocycles. The molecule has 0 N–H and O–H groups in total. The lowest BCUT2D eigenvalue weighted by atomic mass is 9.73. The van der Waals surface area contributed by atoms with Gasteiger partial charge in [0.05, 0.1) is 5.41 Å². The van der Waals surface area contributed by atoms with Crippen LogP contribution in [0, 0.1) is 6.92 Å². The first kappa shape index (κ1) is 20.9. The van der Waals surface area contributed by atoms with E-state index in [0.29, 0.717) is 6.61 Å². The monoisotopic (exact) mass is 403 g/mol. The molecule has 1 saturated heterocycles. The van der Waals surface area contributed by atoms with Crippen molar-refractivity contribution in [3.05, 3.63) is 53.1 Å². The van der Waals surface area contributed by atoms with Gasteiger partial charge in [-0.1, -0.05) is 36.3 Å². The molecule has 2 aliphatic heterocycles. The van der Waals surface area contributed by atoms with Gasteiger partial charge in [-0.05, 0) is 51.4 Å². The van der Waals surface area contributed by atoms with E-state index in [1.54, 1.807) is 6.08 Å². The smallest absolute Gasteiger partial charge is 0.331 e. The van der Waals surface area contributed by atoms with Crippen LogP contribution >= 0.6 is 12.4 Å². The van der Waals surface area contributed by atoms with E-state index in [-0.39, 0.29) is 29.9 Å². The lowest BCUT2D eigenvalue weighted by Gasteiger charge is -2.31. The summed E-state index contributed by atoms with van der Waals surface area (Å²) < 4.78 is 11.6. The molecular formula is C23H30ClNO3. The quantitative estimate of drug-likeness (QED) is 0.553. The third kappa shape index (κ3) is 4.28. The van der Waals surface area contributed by atoms with E-state index in [1.807, 2.05) is 0 Å². The van der Waals surface area contributed by atoms with Crippen LogP contribution in [0.1, 0.15) is 43.7 Å². The van der Waals surface area contributed by atoms with Gasteiger partial charge in [-0.2, -0.15) is 0 Å². The largest absolute Gasteiger partial charge is 0.489 e. The van der Waals surface area contributed by atoms with Crippen molar-refractivity contribution in [3.63, 3.8) is 0 Å². The lowest BCUT2D eigenvalue weighted by Crippen LogP contribution is -2.36. The van der Waals surface area contributed by atoms with E-state index < -0.39 is 0 Å². The SMILES string of the molecule is Cc1ccc2c(c1)C1(C)C=C/C(=C\C(=O)OCCN3CCCCC3)CC1O2.Cl. The molecule has 28 heavy (non-hydrogen) atoms. The number of allylic oxidation sites excluding steroid dienone is 1. The lowest BCUT2D eigenvalue weighted by molar-refractivity contribution is -0.138. The number of likely N-dealkylation sites (tertiary alicyclic amines) is 1. The Morgan fingerprint density at radius 2 is 2.11 bits per heavy atom. The Hall–Kier alpha value is -1.78. The summed E-state index contributed by atoms with van der Waals surface area (Å²) in [5.41, 5.74) is 3.33. The van der Waals surface area contributed by atoms with Gasteiger partial charge in [0.25, 0.3) is 0 Å². The van der Waals surface area contributed by atoms with Gasteiger partial charge in [0.15, 0.2) is 0 Å². The van der Waals surface area contributed by atoms with Crippen molar-refractivity contribution in [2.24, 2.45) is 0 Å². The Morgan fingerprint density at radius 3 is 2.89 bits per heavy atom. The minimum Gasteiger partial charge on any atom is -0.489 e. The van der Waals surface area contributed by atoms with E-state index in [0.717, 1.165) is 37.4 Å². The van der Waals surface area contributed by atoms with Gasteiger partial charge in [-0.15, -0.1) is 12.4 Å². The first-order valence-electron chi connectivity index (χ1n) is 10.1. The number of benzene rings is 1. The van der Waals surface area contributed by atoms with E-state index in [2.05, 4.69) is 49.1 Å². The number of carbonyl (C=O) groups excluding carboxylic acids is 1. The van der Waals surface area contributed by atoms with E-state index in [1.165, 1.54) is 30.4 Å². The van der Waals surface area contributed by atoms with Crippen LogP contribution in [0.5, 0.6) is 5.75 Å². The second kappa shape index (κ2) is 8.71. The van der Waals surface area contributed by atoms with Crippen LogP contribution in [-0.4, -0.2) is 43.2 Å². The average molecular weight is 404 g/mol.